The van der Waals surface area contributed by atoms with Crippen LogP contribution in [0.2, 0.25) is 0 Å². The first-order chi connectivity index (χ1) is 8.32. The first-order valence-electron chi connectivity index (χ1n) is 6.17. The molecule has 1 aromatic carbocycles. The van der Waals surface area contributed by atoms with Gasteiger partial charge in [-0.1, -0.05) is 34.1 Å². The maximum absolute atomic E-state index is 10.2. The molecule has 0 aliphatic carbocycles. The number of aliphatic hydroxyl groups is 1. The lowest BCUT2D eigenvalue weighted by molar-refractivity contribution is 0.0317. The minimum atomic E-state index is -0.723. The standard InChI is InChI=1S/C14H23BrN2O/c1-11(12-7-5-6-8-13(12)15)16-9-14(2,18)10-17(3)4/h5-8,11,16,18H,9-10H2,1-4H3. The van der Waals surface area contributed by atoms with Crippen molar-refractivity contribution < 1.29 is 5.11 Å². The van der Waals surface area contributed by atoms with Gasteiger partial charge < -0.3 is 15.3 Å². The highest BCUT2D eigenvalue weighted by atomic mass is 79.9. The second kappa shape index (κ2) is 6.66. The highest BCUT2D eigenvalue weighted by Crippen LogP contribution is 2.22. The number of benzene rings is 1. The molecule has 0 spiro atoms. The van der Waals surface area contributed by atoms with Crippen LogP contribution in [0.5, 0.6) is 0 Å². The fourth-order valence-electron chi connectivity index (χ4n) is 2.05. The Morgan fingerprint density at radius 1 is 1.39 bits per heavy atom. The van der Waals surface area contributed by atoms with Crippen LogP contribution < -0.4 is 5.32 Å². The van der Waals surface area contributed by atoms with Crippen molar-refractivity contribution in [1.29, 1.82) is 0 Å². The van der Waals surface area contributed by atoms with E-state index in [0.717, 1.165) is 4.47 Å². The van der Waals surface area contributed by atoms with Crippen LogP contribution in [0.15, 0.2) is 28.7 Å². The van der Waals surface area contributed by atoms with Gasteiger partial charge in [-0.2, -0.15) is 0 Å². The number of rotatable bonds is 6. The van der Waals surface area contributed by atoms with Crippen molar-refractivity contribution in [2.75, 3.05) is 27.2 Å². The van der Waals surface area contributed by atoms with Gasteiger partial charge in [-0.05, 0) is 39.6 Å². The Balaban J connectivity index is 2.56. The van der Waals surface area contributed by atoms with E-state index in [1.807, 2.05) is 44.1 Å². The summed E-state index contributed by atoms with van der Waals surface area (Å²) >= 11 is 3.55. The fourth-order valence-corrected chi connectivity index (χ4v) is 2.67. The Morgan fingerprint density at radius 3 is 2.56 bits per heavy atom. The first kappa shape index (κ1) is 15.6. The van der Waals surface area contributed by atoms with Gasteiger partial charge in [0.05, 0.1) is 5.60 Å². The molecule has 18 heavy (non-hydrogen) atoms. The largest absolute Gasteiger partial charge is 0.388 e. The van der Waals surface area contributed by atoms with Gasteiger partial charge in [-0.15, -0.1) is 0 Å². The van der Waals surface area contributed by atoms with Crippen LogP contribution in [-0.2, 0) is 0 Å². The zero-order chi connectivity index (χ0) is 13.8. The van der Waals surface area contributed by atoms with Gasteiger partial charge in [0, 0.05) is 23.6 Å². The third kappa shape index (κ3) is 5.06. The van der Waals surface area contributed by atoms with Gasteiger partial charge in [0.15, 0.2) is 0 Å². The molecule has 0 aliphatic heterocycles. The number of nitrogens with zero attached hydrogens (tertiary/aromatic N) is 1. The highest BCUT2D eigenvalue weighted by molar-refractivity contribution is 9.10. The third-order valence-corrected chi connectivity index (χ3v) is 3.54. The predicted octanol–water partition coefficient (Wildman–Crippen LogP) is 2.41. The van der Waals surface area contributed by atoms with Crippen molar-refractivity contribution in [3.05, 3.63) is 34.3 Å². The lowest BCUT2D eigenvalue weighted by Gasteiger charge is -2.29. The number of nitrogens with one attached hydrogen (secondary N) is 1. The van der Waals surface area contributed by atoms with Crippen LogP contribution in [0.4, 0.5) is 0 Å². The van der Waals surface area contributed by atoms with Crippen LogP contribution in [0.25, 0.3) is 0 Å². The number of halogens is 1. The zero-order valence-electron chi connectivity index (χ0n) is 11.6. The Hall–Kier alpha value is -0.420. The fraction of sp³-hybridized carbons (Fsp3) is 0.571. The molecular formula is C14H23BrN2O. The summed E-state index contributed by atoms with van der Waals surface area (Å²) in [5, 5.41) is 13.6. The van der Waals surface area contributed by atoms with Crippen molar-refractivity contribution in [3.8, 4) is 0 Å². The zero-order valence-corrected chi connectivity index (χ0v) is 13.2. The number of likely N-dealkylation sites (N-methyl/N-ethyl adjacent to an activating group) is 1. The van der Waals surface area contributed by atoms with Crippen LogP contribution in [0, 0.1) is 0 Å². The van der Waals surface area contributed by atoms with E-state index in [2.05, 4.69) is 34.2 Å². The monoisotopic (exact) mass is 314 g/mol. The number of hydrogen-bond acceptors (Lipinski definition) is 3. The topological polar surface area (TPSA) is 35.5 Å². The van der Waals surface area contributed by atoms with E-state index >= 15 is 0 Å². The third-order valence-electron chi connectivity index (χ3n) is 2.82. The molecule has 2 unspecified atom stereocenters. The molecule has 0 aliphatic rings. The predicted molar refractivity (Wildman–Crippen MR) is 79.7 cm³/mol. The lowest BCUT2D eigenvalue weighted by atomic mass is 10.0. The molecule has 2 N–H and O–H groups in total. The summed E-state index contributed by atoms with van der Waals surface area (Å²) in [6, 6.07) is 8.35. The van der Waals surface area contributed by atoms with Gasteiger partial charge in [0.1, 0.15) is 0 Å². The van der Waals surface area contributed by atoms with E-state index in [1.54, 1.807) is 0 Å². The first-order valence-corrected chi connectivity index (χ1v) is 6.96. The molecule has 1 rings (SSSR count). The van der Waals surface area contributed by atoms with Gasteiger partial charge in [-0.25, -0.2) is 0 Å². The van der Waals surface area contributed by atoms with Gasteiger partial charge in [-0.3, -0.25) is 0 Å². The van der Waals surface area contributed by atoms with Crippen LogP contribution >= 0.6 is 15.9 Å². The summed E-state index contributed by atoms with van der Waals surface area (Å²) in [6.45, 7) is 5.16. The summed E-state index contributed by atoms with van der Waals surface area (Å²) in [6.07, 6.45) is 0. The van der Waals surface area contributed by atoms with Crippen LogP contribution in [0.3, 0.4) is 0 Å². The molecule has 2 atom stereocenters. The normalized spacial score (nSPS) is 16.6. The van der Waals surface area contributed by atoms with Crippen LogP contribution in [0.1, 0.15) is 25.5 Å². The van der Waals surface area contributed by atoms with Gasteiger partial charge in [0.25, 0.3) is 0 Å². The van der Waals surface area contributed by atoms with E-state index in [9.17, 15) is 5.11 Å². The smallest absolute Gasteiger partial charge is 0.0869 e. The molecule has 0 aromatic heterocycles. The Kier molecular flexibility index (Phi) is 5.79. The number of hydrogen-bond donors (Lipinski definition) is 2. The second-order valence-corrected chi connectivity index (χ2v) is 6.21. The quantitative estimate of drug-likeness (QED) is 0.846. The van der Waals surface area contributed by atoms with Crippen molar-refractivity contribution in [2.24, 2.45) is 0 Å². The van der Waals surface area contributed by atoms with Crippen molar-refractivity contribution in [3.63, 3.8) is 0 Å². The lowest BCUT2D eigenvalue weighted by Crippen LogP contribution is -2.46. The molecular weight excluding hydrogens is 292 g/mol. The second-order valence-electron chi connectivity index (χ2n) is 5.36. The van der Waals surface area contributed by atoms with E-state index in [-0.39, 0.29) is 6.04 Å². The summed E-state index contributed by atoms with van der Waals surface area (Å²) in [5.41, 5.74) is 0.483. The molecule has 3 nitrogen and oxygen atoms in total. The molecule has 0 heterocycles. The maximum Gasteiger partial charge on any atom is 0.0869 e. The van der Waals surface area contributed by atoms with E-state index < -0.39 is 5.60 Å². The van der Waals surface area contributed by atoms with Crippen molar-refractivity contribution >= 4 is 15.9 Å². The summed E-state index contributed by atoms with van der Waals surface area (Å²) < 4.78 is 1.09. The molecule has 0 radical (unpaired) electrons. The Labute approximate surface area is 118 Å². The molecule has 1 aromatic rings. The average Bonchev–Trinajstić information content (AvgIpc) is 2.25. The minimum Gasteiger partial charge on any atom is -0.388 e. The summed E-state index contributed by atoms with van der Waals surface area (Å²) in [4.78, 5) is 1.99. The van der Waals surface area contributed by atoms with E-state index in [0.29, 0.717) is 13.1 Å². The SMILES string of the molecule is CC(NCC(C)(O)CN(C)C)c1ccccc1Br. The average molecular weight is 315 g/mol. The molecule has 0 bridgehead atoms. The molecule has 0 saturated heterocycles. The van der Waals surface area contributed by atoms with E-state index in [1.165, 1.54) is 5.56 Å². The molecule has 0 amide bonds. The Morgan fingerprint density at radius 2 is 2.00 bits per heavy atom. The molecule has 0 saturated carbocycles. The molecule has 0 fully saturated rings. The van der Waals surface area contributed by atoms with Crippen molar-refractivity contribution in [1.82, 2.24) is 10.2 Å². The van der Waals surface area contributed by atoms with E-state index in [4.69, 9.17) is 0 Å². The van der Waals surface area contributed by atoms with Crippen LogP contribution in [-0.4, -0.2) is 42.8 Å². The van der Waals surface area contributed by atoms with Crippen molar-refractivity contribution in [2.45, 2.75) is 25.5 Å². The highest BCUT2D eigenvalue weighted by Gasteiger charge is 2.22. The minimum absolute atomic E-state index is 0.203. The molecule has 102 valence electrons. The summed E-state index contributed by atoms with van der Waals surface area (Å²) in [7, 11) is 3.93. The maximum atomic E-state index is 10.2. The summed E-state index contributed by atoms with van der Waals surface area (Å²) in [5.74, 6) is 0. The molecule has 4 heteroatoms. The van der Waals surface area contributed by atoms with Gasteiger partial charge >= 0.3 is 0 Å². The van der Waals surface area contributed by atoms with Gasteiger partial charge in [0.2, 0.25) is 0 Å². The Bertz CT molecular complexity index is 380.